The van der Waals surface area contributed by atoms with Crippen LogP contribution in [-0.4, -0.2) is 21.7 Å². The normalized spacial score (nSPS) is 23.6. The van der Waals surface area contributed by atoms with E-state index in [9.17, 15) is 9.90 Å². The van der Waals surface area contributed by atoms with Crippen molar-refractivity contribution in [1.82, 2.24) is 4.98 Å². The minimum Gasteiger partial charge on any atom is -0.494 e. The van der Waals surface area contributed by atoms with E-state index in [-0.39, 0.29) is 11.8 Å². The summed E-state index contributed by atoms with van der Waals surface area (Å²) >= 11 is 0. The van der Waals surface area contributed by atoms with E-state index in [4.69, 9.17) is 0 Å². The van der Waals surface area contributed by atoms with Crippen LogP contribution in [0.1, 0.15) is 91.7 Å². The number of H-pyrrole nitrogens is 1. The average Bonchev–Trinajstić information content (AvgIpc) is 3.09. The predicted octanol–water partition coefficient (Wildman–Crippen LogP) is 4.29. The molecular weight excluding hydrogens is 276 g/mol. The van der Waals surface area contributed by atoms with Crippen LogP contribution in [-0.2, 0) is 0 Å². The molecule has 118 valence electrons. The highest BCUT2D eigenvalue weighted by Gasteiger charge is 2.37. The Hall–Kier alpha value is -1.58. The van der Waals surface area contributed by atoms with Gasteiger partial charge in [-0.2, -0.15) is 0 Å². The zero-order valence-electron chi connectivity index (χ0n) is 13.0. The maximum absolute atomic E-state index is 12.5. The number of amides is 1. The van der Waals surface area contributed by atoms with Crippen molar-refractivity contribution in [3.05, 3.63) is 16.8 Å². The van der Waals surface area contributed by atoms with Crippen molar-refractivity contribution in [2.24, 2.45) is 10.9 Å². The van der Waals surface area contributed by atoms with Gasteiger partial charge in [0.25, 0.3) is 5.91 Å². The molecule has 0 saturated heterocycles. The van der Waals surface area contributed by atoms with E-state index in [0.29, 0.717) is 17.4 Å². The summed E-state index contributed by atoms with van der Waals surface area (Å²) in [7, 11) is 0. The van der Waals surface area contributed by atoms with Crippen molar-refractivity contribution < 1.29 is 9.90 Å². The minimum atomic E-state index is -0.132. The van der Waals surface area contributed by atoms with Crippen molar-refractivity contribution in [3.63, 3.8) is 0 Å². The van der Waals surface area contributed by atoms with Gasteiger partial charge in [-0.05, 0) is 31.6 Å². The highest BCUT2D eigenvalue weighted by molar-refractivity contribution is 6.24. The molecule has 0 atom stereocenters. The Kier molecular flexibility index (Phi) is 3.55. The molecule has 1 aliphatic heterocycles. The molecule has 4 nitrogen and oxygen atoms in total. The standard InChI is InChI=1S/C18H24N2O2/c21-17-13-14(16(20-17)12-9-5-2-6-10-12)18(22)19-15(13)11-7-3-1-4-8-11/h11-12,19,22H,1-10H2. The fourth-order valence-electron chi connectivity index (χ4n) is 4.57. The number of aromatic nitrogens is 1. The maximum atomic E-state index is 12.5. The summed E-state index contributed by atoms with van der Waals surface area (Å²) in [6.45, 7) is 0. The maximum Gasteiger partial charge on any atom is 0.279 e. The lowest BCUT2D eigenvalue weighted by Gasteiger charge is -2.21. The molecule has 2 heterocycles. The van der Waals surface area contributed by atoms with Crippen molar-refractivity contribution in [2.45, 2.75) is 70.1 Å². The van der Waals surface area contributed by atoms with Crippen LogP contribution in [0.25, 0.3) is 0 Å². The Bertz CT molecular complexity index is 617. The number of hydrogen-bond acceptors (Lipinski definition) is 2. The van der Waals surface area contributed by atoms with Gasteiger partial charge in [0.2, 0.25) is 0 Å². The molecule has 4 heteroatoms. The fraction of sp³-hybridized carbons (Fsp3) is 0.667. The lowest BCUT2D eigenvalue weighted by Crippen LogP contribution is -2.17. The largest absolute Gasteiger partial charge is 0.494 e. The SMILES string of the molecule is O=C1N=C(C2CCCCC2)c2c(O)[nH]c(C3CCCCC3)c21. The zero-order valence-corrected chi connectivity index (χ0v) is 13.0. The van der Waals surface area contributed by atoms with Crippen LogP contribution in [0.15, 0.2) is 4.99 Å². The van der Waals surface area contributed by atoms with E-state index in [2.05, 4.69) is 9.98 Å². The first-order valence-corrected chi connectivity index (χ1v) is 8.84. The van der Waals surface area contributed by atoms with Crippen molar-refractivity contribution in [2.75, 3.05) is 0 Å². The van der Waals surface area contributed by atoms with Crippen LogP contribution in [0.3, 0.4) is 0 Å². The molecule has 0 bridgehead atoms. The fourth-order valence-corrected chi connectivity index (χ4v) is 4.57. The van der Waals surface area contributed by atoms with Crippen molar-refractivity contribution >= 4 is 11.6 Å². The minimum absolute atomic E-state index is 0.132. The molecule has 0 aromatic carbocycles. The topological polar surface area (TPSA) is 65.4 Å². The number of nitrogens with zero attached hydrogens (tertiary/aromatic N) is 1. The number of carbonyl (C=O) groups excluding carboxylic acids is 1. The second kappa shape index (κ2) is 5.56. The van der Waals surface area contributed by atoms with E-state index >= 15 is 0 Å². The summed E-state index contributed by atoms with van der Waals surface area (Å²) < 4.78 is 0. The third kappa shape index (κ3) is 2.20. The third-order valence-corrected chi connectivity index (χ3v) is 5.71. The number of carbonyl (C=O) groups is 1. The molecule has 0 unspecified atom stereocenters. The number of hydrogen-bond donors (Lipinski definition) is 2. The molecule has 2 saturated carbocycles. The van der Waals surface area contributed by atoms with Gasteiger partial charge < -0.3 is 10.1 Å². The Balaban J connectivity index is 1.70. The summed E-state index contributed by atoms with van der Waals surface area (Å²) in [6.07, 6.45) is 11.8. The molecule has 3 aliphatic rings. The molecule has 1 aromatic heterocycles. The molecule has 2 aliphatic carbocycles. The highest BCUT2D eigenvalue weighted by Crippen LogP contribution is 2.42. The molecule has 1 aromatic rings. The molecule has 2 N–H and O–H groups in total. The summed E-state index contributed by atoms with van der Waals surface area (Å²) in [5, 5.41) is 10.4. The van der Waals surface area contributed by atoms with Gasteiger partial charge in [0.15, 0.2) is 5.88 Å². The summed E-state index contributed by atoms with van der Waals surface area (Å²) in [5.74, 6) is 0.770. The smallest absolute Gasteiger partial charge is 0.279 e. The first-order chi connectivity index (χ1) is 10.8. The van der Waals surface area contributed by atoms with E-state index in [0.717, 1.165) is 42.7 Å². The van der Waals surface area contributed by atoms with Gasteiger partial charge in [0.1, 0.15) is 0 Å². The third-order valence-electron chi connectivity index (χ3n) is 5.71. The molecule has 1 amide bonds. The van der Waals surface area contributed by atoms with Crippen LogP contribution in [0, 0.1) is 5.92 Å². The Morgan fingerprint density at radius 3 is 2.09 bits per heavy atom. The zero-order chi connectivity index (χ0) is 15.1. The van der Waals surface area contributed by atoms with Crippen molar-refractivity contribution in [1.29, 1.82) is 0 Å². The van der Waals surface area contributed by atoms with Crippen LogP contribution in [0.2, 0.25) is 0 Å². The van der Waals surface area contributed by atoms with E-state index in [1.165, 1.54) is 38.5 Å². The van der Waals surface area contributed by atoms with Gasteiger partial charge in [-0.1, -0.05) is 38.5 Å². The Labute approximate surface area is 131 Å². The lowest BCUT2D eigenvalue weighted by molar-refractivity contribution is 0.100. The quantitative estimate of drug-likeness (QED) is 0.855. The number of nitrogens with one attached hydrogen (secondary N) is 1. The van der Waals surface area contributed by atoms with Gasteiger partial charge in [-0.15, -0.1) is 0 Å². The molecule has 4 rings (SSSR count). The van der Waals surface area contributed by atoms with E-state index < -0.39 is 0 Å². The molecule has 22 heavy (non-hydrogen) atoms. The second-order valence-corrected chi connectivity index (χ2v) is 7.11. The van der Waals surface area contributed by atoms with Crippen LogP contribution >= 0.6 is 0 Å². The number of aromatic hydroxyl groups is 1. The van der Waals surface area contributed by atoms with Gasteiger partial charge in [-0.25, -0.2) is 4.99 Å². The number of aromatic amines is 1. The van der Waals surface area contributed by atoms with Crippen LogP contribution in [0.4, 0.5) is 0 Å². The highest BCUT2D eigenvalue weighted by atomic mass is 16.3. The van der Waals surface area contributed by atoms with Gasteiger partial charge in [0.05, 0.1) is 16.8 Å². The molecule has 0 radical (unpaired) electrons. The average molecular weight is 300 g/mol. The van der Waals surface area contributed by atoms with E-state index in [1.54, 1.807) is 0 Å². The lowest BCUT2D eigenvalue weighted by atomic mass is 9.82. The second-order valence-electron chi connectivity index (χ2n) is 7.11. The van der Waals surface area contributed by atoms with Gasteiger partial charge in [-0.3, -0.25) is 4.79 Å². The van der Waals surface area contributed by atoms with E-state index in [1.807, 2.05) is 0 Å². The van der Waals surface area contributed by atoms with Crippen molar-refractivity contribution in [3.8, 4) is 5.88 Å². The Morgan fingerprint density at radius 2 is 1.45 bits per heavy atom. The Morgan fingerprint density at radius 1 is 0.864 bits per heavy atom. The molecule has 2 fully saturated rings. The number of aliphatic imine (C=N–C) groups is 1. The first-order valence-electron chi connectivity index (χ1n) is 8.84. The summed E-state index contributed by atoms with van der Waals surface area (Å²) in [4.78, 5) is 20.0. The molecular formula is C18H24N2O2. The summed E-state index contributed by atoms with van der Waals surface area (Å²) in [5.41, 5.74) is 3.23. The molecule has 0 spiro atoms. The monoisotopic (exact) mass is 300 g/mol. The predicted molar refractivity (Wildman–Crippen MR) is 85.7 cm³/mol. The van der Waals surface area contributed by atoms with Gasteiger partial charge >= 0.3 is 0 Å². The first kappa shape index (κ1) is 14.0. The number of fused-ring (bicyclic) bond motifs is 1. The number of rotatable bonds is 2. The van der Waals surface area contributed by atoms with Crippen LogP contribution < -0.4 is 0 Å². The van der Waals surface area contributed by atoms with Gasteiger partial charge in [0, 0.05) is 11.6 Å². The van der Waals surface area contributed by atoms with Crippen LogP contribution in [0.5, 0.6) is 5.88 Å². The summed E-state index contributed by atoms with van der Waals surface area (Å²) in [6, 6.07) is 0.